The third kappa shape index (κ3) is 3.38. The van der Waals surface area contributed by atoms with Crippen molar-refractivity contribution in [1.82, 2.24) is 10.3 Å². The maximum Gasteiger partial charge on any atom is 0.146 e. The van der Waals surface area contributed by atoms with Gasteiger partial charge in [0.15, 0.2) is 0 Å². The molecule has 1 N–H and O–H groups in total. The molecule has 0 amide bonds. The van der Waals surface area contributed by atoms with Gasteiger partial charge in [0.05, 0.1) is 6.20 Å². The normalized spacial score (nSPS) is 12.4. The zero-order valence-corrected chi connectivity index (χ0v) is 11.6. The van der Waals surface area contributed by atoms with Gasteiger partial charge in [0.25, 0.3) is 0 Å². The first-order valence-corrected chi connectivity index (χ1v) is 6.44. The lowest BCUT2D eigenvalue weighted by Gasteiger charge is -2.18. The number of aryl methyl sites for hydroxylation is 2. The van der Waals surface area contributed by atoms with Crippen LogP contribution >= 0.6 is 0 Å². The molecule has 2 rings (SSSR count). The van der Waals surface area contributed by atoms with Crippen LogP contribution in [0.4, 0.5) is 4.39 Å². The number of hydrogen-bond acceptors (Lipinski definition) is 2. The van der Waals surface area contributed by atoms with Gasteiger partial charge in [0.1, 0.15) is 5.82 Å². The van der Waals surface area contributed by atoms with Crippen molar-refractivity contribution in [3.8, 4) is 0 Å². The van der Waals surface area contributed by atoms with E-state index in [0.29, 0.717) is 5.56 Å². The van der Waals surface area contributed by atoms with Gasteiger partial charge in [-0.25, -0.2) is 4.39 Å². The van der Waals surface area contributed by atoms with Gasteiger partial charge in [-0.05, 0) is 38.9 Å². The Kier molecular flexibility index (Phi) is 4.27. The molecule has 1 aromatic carbocycles. The number of hydrogen-bond donors (Lipinski definition) is 1. The van der Waals surface area contributed by atoms with E-state index >= 15 is 0 Å². The summed E-state index contributed by atoms with van der Waals surface area (Å²) in [4.78, 5) is 3.79. The summed E-state index contributed by atoms with van der Waals surface area (Å²) in [7, 11) is 1.85. The molecular formula is C16H19FN2. The van der Waals surface area contributed by atoms with Crippen molar-refractivity contribution in [2.45, 2.75) is 26.3 Å². The third-order valence-electron chi connectivity index (χ3n) is 3.25. The fourth-order valence-corrected chi connectivity index (χ4v) is 2.46. The number of nitrogens with zero attached hydrogens (tertiary/aromatic N) is 1. The quantitative estimate of drug-likeness (QED) is 0.909. The Hall–Kier alpha value is -1.74. The Labute approximate surface area is 113 Å². The van der Waals surface area contributed by atoms with Gasteiger partial charge in [-0.1, -0.05) is 29.3 Å². The molecule has 0 bridgehead atoms. The molecule has 0 fully saturated rings. The summed E-state index contributed by atoms with van der Waals surface area (Å²) in [5.74, 6) is -0.258. The van der Waals surface area contributed by atoms with Crippen LogP contribution < -0.4 is 5.32 Å². The van der Waals surface area contributed by atoms with E-state index in [1.165, 1.54) is 22.9 Å². The lowest BCUT2D eigenvalue weighted by molar-refractivity contribution is 0.530. The van der Waals surface area contributed by atoms with Crippen molar-refractivity contribution in [3.05, 3.63) is 64.7 Å². The summed E-state index contributed by atoms with van der Waals surface area (Å²) in [5.41, 5.74) is 4.35. The highest BCUT2D eigenvalue weighted by Crippen LogP contribution is 2.21. The standard InChI is InChI=1S/C16H19FN2/c1-11-6-12(2)8-13(7-11)9-16(18-3)14-4-5-19-10-15(14)17/h4-8,10,16,18H,9H2,1-3H3. The number of halogens is 1. The average molecular weight is 258 g/mol. The van der Waals surface area contributed by atoms with E-state index in [0.717, 1.165) is 6.42 Å². The Morgan fingerprint density at radius 2 is 1.89 bits per heavy atom. The topological polar surface area (TPSA) is 24.9 Å². The van der Waals surface area contributed by atoms with Gasteiger partial charge in [0.2, 0.25) is 0 Å². The summed E-state index contributed by atoms with van der Waals surface area (Å²) >= 11 is 0. The van der Waals surface area contributed by atoms with Crippen LogP contribution in [0, 0.1) is 19.7 Å². The number of nitrogens with one attached hydrogen (secondary N) is 1. The van der Waals surface area contributed by atoms with Crippen molar-refractivity contribution < 1.29 is 4.39 Å². The van der Waals surface area contributed by atoms with Crippen molar-refractivity contribution in [1.29, 1.82) is 0 Å². The zero-order valence-electron chi connectivity index (χ0n) is 11.6. The van der Waals surface area contributed by atoms with Gasteiger partial charge in [-0.2, -0.15) is 0 Å². The molecule has 0 aliphatic heterocycles. The maximum atomic E-state index is 13.8. The summed E-state index contributed by atoms with van der Waals surface area (Å²) in [5, 5.41) is 3.18. The number of pyridine rings is 1. The Bertz CT molecular complexity index is 546. The van der Waals surface area contributed by atoms with E-state index in [9.17, 15) is 4.39 Å². The minimum atomic E-state index is -0.258. The number of benzene rings is 1. The van der Waals surface area contributed by atoms with Crippen molar-refractivity contribution in [3.63, 3.8) is 0 Å². The van der Waals surface area contributed by atoms with Gasteiger partial charge in [0, 0.05) is 17.8 Å². The molecule has 1 atom stereocenters. The van der Waals surface area contributed by atoms with Crippen molar-refractivity contribution in [2.75, 3.05) is 7.05 Å². The first-order chi connectivity index (χ1) is 9.10. The fourth-order valence-electron chi connectivity index (χ4n) is 2.46. The van der Waals surface area contributed by atoms with Crippen molar-refractivity contribution >= 4 is 0 Å². The first-order valence-electron chi connectivity index (χ1n) is 6.44. The van der Waals surface area contributed by atoms with Gasteiger partial charge in [-0.15, -0.1) is 0 Å². The molecule has 1 aromatic heterocycles. The minimum Gasteiger partial charge on any atom is -0.313 e. The Balaban J connectivity index is 2.26. The highest BCUT2D eigenvalue weighted by Gasteiger charge is 2.14. The lowest BCUT2D eigenvalue weighted by atomic mass is 9.97. The van der Waals surface area contributed by atoms with Crippen LogP contribution in [0.1, 0.15) is 28.3 Å². The molecule has 0 aliphatic rings. The largest absolute Gasteiger partial charge is 0.313 e. The average Bonchev–Trinajstić information content (AvgIpc) is 2.36. The molecule has 3 heteroatoms. The van der Waals surface area contributed by atoms with Gasteiger partial charge >= 0.3 is 0 Å². The van der Waals surface area contributed by atoms with Gasteiger partial charge < -0.3 is 5.32 Å². The van der Waals surface area contributed by atoms with Crippen LogP contribution in [0.5, 0.6) is 0 Å². The van der Waals surface area contributed by atoms with Crippen LogP contribution in [0.15, 0.2) is 36.7 Å². The molecule has 1 unspecified atom stereocenters. The summed E-state index contributed by atoms with van der Waals surface area (Å²) in [6.07, 6.45) is 3.66. The Morgan fingerprint density at radius 1 is 1.21 bits per heavy atom. The monoisotopic (exact) mass is 258 g/mol. The van der Waals surface area contributed by atoms with E-state index in [1.807, 2.05) is 7.05 Å². The first kappa shape index (κ1) is 13.7. The van der Waals surface area contributed by atoms with Crippen LogP contribution in [0.25, 0.3) is 0 Å². The SMILES string of the molecule is CNC(Cc1cc(C)cc(C)c1)c1ccncc1F. The predicted molar refractivity (Wildman–Crippen MR) is 75.6 cm³/mol. The lowest BCUT2D eigenvalue weighted by Crippen LogP contribution is -2.20. The van der Waals surface area contributed by atoms with Gasteiger partial charge in [-0.3, -0.25) is 4.98 Å². The molecule has 2 aromatic rings. The fraction of sp³-hybridized carbons (Fsp3) is 0.312. The molecule has 1 heterocycles. The molecule has 0 saturated heterocycles. The van der Waals surface area contributed by atoms with E-state index in [1.54, 1.807) is 12.3 Å². The molecular weight excluding hydrogens is 239 g/mol. The number of aromatic nitrogens is 1. The maximum absolute atomic E-state index is 13.8. The van der Waals surface area contributed by atoms with Crippen LogP contribution in [-0.2, 0) is 6.42 Å². The molecule has 0 spiro atoms. The highest BCUT2D eigenvalue weighted by molar-refractivity contribution is 5.30. The second-order valence-electron chi connectivity index (χ2n) is 4.94. The van der Waals surface area contributed by atoms with Crippen LogP contribution in [0.3, 0.4) is 0 Å². The molecule has 0 saturated carbocycles. The third-order valence-corrected chi connectivity index (χ3v) is 3.25. The predicted octanol–water partition coefficient (Wildman–Crippen LogP) is 3.34. The second-order valence-corrected chi connectivity index (χ2v) is 4.94. The van der Waals surface area contributed by atoms with E-state index in [4.69, 9.17) is 0 Å². The van der Waals surface area contributed by atoms with Crippen LogP contribution in [0.2, 0.25) is 0 Å². The molecule has 0 aliphatic carbocycles. The molecule has 19 heavy (non-hydrogen) atoms. The van der Waals surface area contributed by atoms with E-state index in [-0.39, 0.29) is 11.9 Å². The Morgan fingerprint density at radius 3 is 2.47 bits per heavy atom. The number of rotatable bonds is 4. The summed E-state index contributed by atoms with van der Waals surface area (Å²) < 4.78 is 13.8. The van der Waals surface area contributed by atoms with Crippen molar-refractivity contribution in [2.24, 2.45) is 0 Å². The smallest absolute Gasteiger partial charge is 0.146 e. The summed E-state index contributed by atoms with van der Waals surface area (Å²) in [6.45, 7) is 4.16. The molecule has 2 nitrogen and oxygen atoms in total. The number of likely N-dealkylation sites (N-methyl/N-ethyl adjacent to an activating group) is 1. The zero-order chi connectivity index (χ0) is 13.8. The molecule has 100 valence electrons. The van der Waals surface area contributed by atoms with E-state index in [2.05, 4.69) is 42.3 Å². The molecule has 0 radical (unpaired) electrons. The van der Waals surface area contributed by atoms with E-state index < -0.39 is 0 Å². The minimum absolute atomic E-state index is 0.0378. The summed E-state index contributed by atoms with van der Waals surface area (Å²) in [6, 6.07) is 8.14. The van der Waals surface area contributed by atoms with Crippen LogP contribution in [-0.4, -0.2) is 12.0 Å². The second kappa shape index (κ2) is 5.93. The highest BCUT2D eigenvalue weighted by atomic mass is 19.1.